The number of carbonyl (C=O) groups excluding carboxylic acids is 2. The van der Waals surface area contributed by atoms with Crippen LogP contribution in [0.25, 0.3) is 0 Å². The van der Waals surface area contributed by atoms with Crippen molar-refractivity contribution in [3.63, 3.8) is 0 Å². The maximum atomic E-state index is 11.4. The van der Waals surface area contributed by atoms with Crippen LogP contribution in [0.15, 0.2) is 30.3 Å². The van der Waals surface area contributed by atoms with Crippen LogP contribution in [-0.4, -0.2) is 32.1 Å². The zero-order valence-corrected chi connectivity index (χ0v) is 9.09. The maximum absolute atomic E-state index is 11.4. The van der Waals surface area contributed by atoms with Gasteiger partial charge in [-0.05, 0) is 5.56 Å². The molecule has 0 radical (unpaired) electrons. The van der Waals surface area contributed by atoms with Crippen molar-refractivity contribution in [2.24, 2.45) is 0 Å². The second-order valence-corrected chi connectivity index (χ2v) is 3.20. The molecule has 0 heterocycles. The van der Waals surface area contributed by atoms with E-state index < -0.39 is 12.1 Å². The summed E-state index contributed by atoms with van der Waals surface area (Å²) in [6, 6.07) is 9.43. The molecule has 4 nitrogen and oxygen atoms in total. The van der Waals surface area contributed by atoms with Gasteiger partial charge in [0, 0.05) is 6.42 Å². The first-order valence-corrected chi connectivity index (χ1v) is 4.95. The summed E-state index contributed by atoms with van der Waals surface area (Å²) in [5.41, 5.74) is 0.962. The van der Waals surface area contributed by atoms with E-state index in [4.69, 9.17) is 4.74 Å². The number of benzene rings is 1. The van der Waals surface area contributed by atoms with Gasteiger partial charge in [-0.3, -0.25) is 0 Å². The monoisotopic (exact) mass is 222 g/mol. The Morgan fingerprint density at radius 2 is 2.06 bits per heavy atom. The summed E-state index contributed by atoms with van der Waals surface area (Å²) >= 11 is 0. The number of carbonyl (C=O) groups is 2. The molecule has 0 saturated heterocycles. The molecule has 0 aliphatic heterocycles. The first-order valence-electron chi connectivity index (χ1n) is 4.95. The minimum atomic E-state index is -0.724. The Kier molecular flexibility index (Phi) is 5.22. The van der Waals surface area contributed by atoms with Crippen LogP contribution in [0.4, 0.5) is 0 Å². The highest BCUT2D eigenvalue weighted by Crippen LogP contribution is 2.07. The molecule has 0 saturated carbocycles. The zero-order valence-electron chi connectivity index (χ0n) is 9.09. The van der Waals surface area contributed by atoms with Gasteiger partial charge in [-0.2, -0.15) is 0 Å². The molecule has 0 aliphatic carbocycles. The van der Waals surface area contributed by atoms with Gasteiger partial charge in [-0.25, -0.2) is 4.79 Å². The molecule has 16 heavy (non-hydrogen) atoms. The fraction of sp³-hybridized carbons (Fsp3) is 0.333. The van der Waals surface area contributed by atoms with E-state index in [0.29, 0.717) is 12.7 Å². The van der Waals surface area contributed by atoms with E-state index in [2.05, 4.69) is 4.74 Å². The van der Waals surface area contributed by atoms with Crippen molar-refractivity contribution in [2.45, 2.75) is 12.5 Å². The summed E-state index contributed by atoms with van der Waals surface area (Å²) in [7, 11) is 1.30. The second-order valence-electron chi connectivity index (χ2n) is 3.20. The molecule has 0 unspecified atom stereocenters. The minimum Gasteiger partial charge on any atom is -0.467 e. The van der Waals surface area contributed by atoms with E-state index in [1.54, 1.807) is 0 Å². The van der Waals surface area contributed by atoms with Crippen LogP contribution in [0, 0.1) is 0 Å². The van der Waals surface area contributed by atoms with Crippen molar-refractivity contribution in [3.05, 3.63) is 35.9 Å². The van der Waals surface area contributed by atoms with Gasteiger partial charge in [0.25, 0.3) is 0 Å². The number of hydrogen-bond donors (Lipinski definition) is 0. The third-order valence-corrected chi connectivity index (χ3v) is 2.09. The number of esters is 1. The van der Waals surface area contributed by atoms with Crippen molar-refractivity contribution in [1.82, 2.24) is 0 Å². The molecular weight excluding hydrogens is 208 g/mol. The Morgan fingerprint density at radius 1 is 1.38 bits per heavy atom. The van der Waals surface area contributed by atoms with Crippen LogP contribution in [0.5, 0.6) is 0 Å². The van der Waals surface area contributed by atoms with E-state index in [9.17, 15) is 9.59 Å². The highest BCUT2D eigenvalue weighted by molar-refractivity contribution is 5.75. The SMILES string of the molecule is COC(=O)[C@@H](Cc1ccccc1)OCC=O. The van der Waals surface area contributed by atoms with Crippen molar-refractivity contribution in [3.8, 4) is 0 Å². The molecule has 4 heteroatoms. The summed E-state index contributed by atoms with van der Waals surface area (Å²) in [5.74, 6) is -0.467. The fourth-order valence-corrected chi connectivity index (χ4v) is 1.33. The van der Waals surface area contributed by atoms with Crippen molar-refractivity contribution < 1.29 is 19.1 Å². The van der Waals surface area contributed by atoms with Gasteiger partial charge in [-0.15, -0.1) is 0 Å². The Bertz CT molecular complexity index is 334. The van der Waals surface area contributed by atoms with E-state index in [-0.39, 0.29) is 6.61 Å². The van der Waals surface area contributed by atoms with Crippen LogP contribution >= 0.6 is 0 Å². The second kappa shape index (κ2) is 6.74. The van der Waals surface area contributed by atoms with Crippen LogP contribution in [-0.2, 0) is 25.5 Å². The lowest BCUT2D eigenvalue weighted by Crippen LogP contribution is -2.28. The molecule has 1 rings (SSSR count). The molecule has 0 spiro atoms. The number of hydrogen-bond acceptors (Lipinski definition) is 4. The third-order valence-electron chi connectivity index (χ3n) is 2.09. The molecule has 0 aromatic heterocycles. The quantitative estimate of drug-likeness (QED) is 0.532. The first kappa shape index (κ1) is 12.4. The largest absolute Gasteiger partial charge is 0.467 e. The van der Waals surface area contributed by atoms with Gasteiger partial charge in [0.2, 0.25) is 0 Å². The van der Waals surface area contributed by atoms with Crippen LogP contribution in [0.3, 0.4) is 0 Å². The smallest absolute Gasteiger partial charge is 0.335 e. The normalized spacial score (nSPS) is 11.8. The fourth-order valence-electron chi connectivity index (χ4n) is 1.33. The molecule has 0 aliphatic rings. The Morgan fingerprint density at radius 3 is 2.62 bits per heavy atom. The summed E-state index contributed by atoms with van der Waals surface area (Å²) in [4.78, 5) is 21.6. The van der Waals surface area contributed by atoms with Crippen LogP contribution in [0.2, 0.25) is 0 Å². The van der Waals surface area contributed by atoms with Crippen molar-refractivity contribution in [2.75, 3.05) is 13.7 Å². The first-order chi connectivity index (χ1) is 7.77. The third kappa shape index (κ3) is 3.82. The number of ether oxygens (including phenoxy) is 2. The molecule has 0 amide bonds. The highest BCUT2D eigenvalue weighted by Gasteiger charge is 2.19. The number of methoxy groups -OCH3 is 1. The van der Waals surface area contributed by atoms with Crippen LogP contribution in [0.1, 0.15) is 5.56 Å². The zero-order chi connectivity index (χ0) is 11.8. The summed E-state index contributed by atoms with van der Waals surface area (Å²) in [6.07, 6.45) is 0.292. The lowest BCUT2D eigenvalue weighted by molar-refractivity contribution is -0.154. The van der Waals surface area contributed by atoms with Gasteiger partial charge in [0.05, 0.1) is 7.11 Å². The van der Waals surface area contributed by atoms with Gasteiger partial charge in [-0.1, -0.05) is 30.3 Å². The summed E-state index contributed by atoms with van der Waals surface area (Å²) in [6.45, 7) is -0.105. The predicted molar refractivity (Wildman–Crippen MR) is 58.0 cm³/mol. The molecule has 0 bridgehead atoms. The van der Waals surface area contributed by atoms with Crippen molar-refractivity contribution >= 4 is 12.3 Å². The van der Waals surface area contributed by atoms with Gasteiger partial charge in [0.1, 0.15) is 12.9 Å². The lowest BCUT2D eigenvalue weighted by atomic mass is 10.1. The molecule has 0 N–H and O–H groups in total. The van der Waals surface area contributed by atoms with E-state index in [0.717, 1.165) is 5.56 Å². The molecular formula is C12H14O4. The Balaban J connectivity index is 2.63. The van der Waals surface area contributed by atoms with Gasteiger partial charge < -0.3 is 14.3 Å². The maximum Gasteiger partial charge on any atom is 0.335 e. The Hall–Kier alpha value is -1.68. The average Bonchev–Trinajstić information content (AvgIpc) is 2.34. The van der Waals surface area contributed by atoms with E-state index in [1.165, 1.54) is 7.11 Å². The topological polar surface area (TPSA) is 52.6 Å². The van der Waals surface area contributed by atoms with E-state index >= 15 is 0 Å². The molecule has 0 fully saturated rings. The van der Waals surface area contributed by atoms with E-state index in [1.807, 2.05) is 30.3 Å². The summed E-state index contributed by atoms with van der Waals surface area (Å²) in [5, 5.41) is 0. The van der Waals surface area contributed by atoms with Gasteiger partial charge >= 0.3 is 5.97 Å². The molecule has 86 valence electrons. The predicted octanol–water partition coefficient (Wildman–Crippen LogP) is 0.986. The Labute approximate surface area is 94.2 Å². The van der Waals surface area contributed by atoms with Crippen LogP contribution < -0.4 is 0 Å². The molecule has 1 atom stereocenters. The number of rotatable bonds is 6. The molecule has 1 aromatic carbocycles. The average molecular weight is 222 g/mol. The summed E-state index contributed by atoms with van der Waals surface area (Å²) < 4.78 is 9.71. The number of aldehydes is 1. The molecule has 1 aromatic rings. The van der Waals surface area contributed by atoms with Gasteiger partial charge in [0.15, 0.2) is 6.10 Å². The lowest BCUT2D eigenvalue weighted by Gasteiger charge is -2.13. The van der Waals surface area contributed by atoms with Crippen molar-refractivity contribution in [1.29, 1.82) is 0 Å². The highest BCUT2D eigenvalue weighted by atomic mass is 16.6. The standard InChI is InChI=1S/C12H14O4/c1-15-12(14)11(16-8-7-13)9-10-5-3-2-4-6-10/h2-7,11H,8-9H2,1H3/t11-/m1/s1. The minimum absolute atomic E-state index is 0.105.